The molecule has 14 heavy (non-hydrogen) atoms. The summed E-state index contributed by atoms with van der Waals surface area (Å²) in [4.78, 5) is 0. The van der Waals surface area contributed by atoms with Crippen LogP contribution in [0.5, 0.6) is 0 Å². The molecule has 2 aliphatic rings. The smallest absolute Gasteiger partial charge is 0.0693 e. The van der Waals surface area contributed by atoms with Crippen LogP contribution in [0.2, 0.25) is 0 Å². The first-order valence-corrected chi connectivity index (χ1v) is 6.13. The van der Waals surface area contributed by atoms with Crippen LogP contribution in [-0.4, -0.2) is 25.3 Å². The molecule has 0 amide bonds. The van der Waals surface area contributed by atoms with Gasteiger partial charge >= 0.3 is 0 Å². The van der Waals surface area contributed by atoms with Gasteiger partial charge in [0.2, 0.25) is 0 Å². The second kappa shape index (κ2) is 4.63. The van der Waals surface area contributed by atoms with Crippen molar-refractivity contribution in [2.75, 3.05) is 13.7 Å². The number of nitrogens with one attached hydrogen (secondary N) is 1. The summed E-state index contributed by atoms with van der Waals surface area (Å²) in [6.07, 6.45) is 10.7. The van der Waals surface area contributed by atoms with E-state index in [4.69, 9.17) is 4.74 Å². The molecule has 0 radical (unpaired) electrons. The third-order valence-electron chi connectivity index (χ3n) is 3.98. The average Bonchev–Trinajstić information content (AvgIpc) is 2.39. The molecule has 0 spiro atoms. The Morgan fingerprint density at radius 1 is 1.21 bits per heavy atom. The fourth-order valence-corrected chi connectivity index (χ4v) is 2.79. The minimum Gasteiger partial charge on any atom is -0.378 e. The van der Waals surface area contributed by atoms with Crippen molar-refractivity contribution in [2.45, 2.75) is 63.0 Å². The van der Waals surface area contributed by atoms with E-state index in [0.29, 0.717) is 0 Å². The Bertz CT molecular complexity index is 164. The molecular weight excluding hydrogens is 174 g/mol. The van der Waals surface area contributed by atoms with Gasteiger partial charge in [-0.1, -0.05) is 12.8 Å². The summed E-state index contributed by atoms with van der Waals surface area (Å²) >= 11 is 0. The summed E-state index contributed by atoms with van der Waals surface area (Å²) < 4.78 is 5.68. The van der Waals surface area contributed by atoms with Crippen LogP contribution in [0.3, 0.4) is 0 Å². The second-order valence-corrected chi connectivity index (χ2v) is 4.95. The van der Waals surface area contributed by atoms with Gasteiger partial charge in [-0.25, -0.2) is 0 Å². The number of rotatable bonds is 3. The van der Waals surface area contributed by atoms with Gasteiger partial charge in [-0.3, -0.25) is 0 Å². The van der Waals surface area contributed by atoms with Gasteiger partial charge in [-0.05, 0) is 45.1 Å². The molecule has 2 rings (SSSR count). The molecule has 1 unspecified atom stereocenters. The highest BCUT2D eigenvalue weighted by Crippen LogP contribution is 2.39. The number of hydrogen-bond donors (Lipinski definition) is 1. The largest absolute Gasteiger partial charge is 0.378 e. The van der Waals surface area contributed by atoms with Crippen molar-refractivity contribution in [1.29, 1.82) is 0 Å². The van der Waals surface area contributed by atoms with Gasteiger partial charge in [0.05, 0.1) is 5.60 Å². The summed E-state index contributed by atoms with van der Waals surface area (Å²) in [6.45, 7) is 1.21. The predicted octanol–water partition coefficient (Wildman–Crippen LogP) is 2.48. The van der Waals surface area contributed by atoms with Crippen LogP contribution >= 0.6 is 0 Å². The first kappa shape index (κ1) is 10.4. The third kappa shape index (κ3) is 2.29. The van der Waals surface area contributed by atoms with E-state index in [1.165, 1.54) is 57.9 Å². The molecule has 1 aliphatic carbocycles. The van der Waals surface area contributed by atoms with Crippen molar-refractivity contribution in [3.63, 3.8) is 0 Å². The molecule has 0 bridgehead atoms. The molecule has 82 valence electrons. The van der Waals surface area contributed by atoms with Gasteiger partial charge in [0, 0.05) is 13.2 Å². The van der Waals surface area contributed by atoms with E-state index in [1.807, 2.05) is 7.11 Å². The number of hydrogen-bond acceptors (Lipinski definition) is 2. The Kier molecular flexibility index (Phi) is 3.45. The normalized spacial score (nSPS) is 31.9. The monoisotopic (exact) mass is 197 g/mol. The lowest BCUT2D eigenvalue weighted by atomic mass is 9.75. The van der Waals surface area contributed by atoms with E-state index in [2.05, 4.69) is 5.32 Å². The van der Waals surface area contributed by atoms with Crippen LogP contribution < -0.4 is 5.32 Å². The predicted molar refractivity (Wildman–Crippen MR) is 58.5 cm³/mol. The van der Waals surface area contributed by atoms with Gasteiger partial charge in [0.25, 0.3) is 0 Å². The Hall–Kier alpha value is -0.0800. The first-order chi connectivity index (χ1) is 6.85. The molecule has 0 aromatic heterocycles. The van der Waals surface area contributed by atoms with E-state index in [9.17, 15) is 0 Å². The molecule has 1 atom stereocenters. The molecule has 0 aromatic rings. The van der Waals surface area contributed by atoms with E-state index < -0.39 is 0 Å². The van der Waals surface area contributed by atoms with Gasteiger partial charge in [-0.2, -0.15) is 0 Å². The molecule has 1 aliphatic heterocycles. The zero-order chi connectivity index (χ0) is 9.86. The average molecular weight is 197 g/mol. The quantitative estimate of drug-likeness (QED) is 0.750. The van der Waals surface area contributed by atoms with Gasteiger partial charge < -0.3 is 10.1 Å². The van der Waals surface area contributed by atoms with Crippen LogP contribution in [0.15, 0.2) is 0 Å². The Balaban J connectivity index is 1.82. The first-order valence-electron chi connectivity index (χ1n) is 6.13. The minimum atomic E-state index is 0.252. The van der Waals surface area contributed by atoms with Gasteiger partial charge in [0.15, 0.2) is 0 Å². The number of ether oxygens (including phenoxy) is 1. The van der Waals surface area contributed by atoms with Crippen molar-refractivity contribution < 1.29 is 4.74 Å². The van der Waals surface area contributed by atoms with Crippen LogP contribution in [-0.2, 0) is 4.74 Å². The van der Waals surface area contributed by atoms with Crippen molar-refractivity contribution in [2.24, 2.45) is 0 Å². The third-order valence-corrected chi connectivity index (χ3v) is 3.98. The van der Waals surface area contributed by atoms with E-state index >= 15 is 0 Å². The van der Waals surface area contributed by atoms with E-state index in [1.54, 1.807) is 0 Å². The lowest BCUT2D eigenvalue weighted by Crippen LogP contribution is -2.45. The maximum absolute atomic E-state index is 5.68. The highest BCUT2D eigenvalue weighted by molar-refractivity contribution is 4.93. The summed E-state index contributed by atoms with van der Waals surface area (Å²) in [5.41, 5.74) is 0.252. The van der Waals surface area contributed by atoms with Crippen molar-refractivity contribution in [1.82, 2.24) is 5.32 Å². The SMILES string of the molecule is COC1(CC2CCCCCN2)CCC1. The highest BCUT2D eigenvalue weighted by Gasteiger charge is 2.38. The summed E-state index contributed by atoms with van der Waals surface area (Å²) in [7, 11) is 1.88. The van der Waals surface area contributed by atoms with Crippen LogP contribution in [0.25, 0.3) is 0 Å². The standard InChI is InChI=1S/C12H23NO/c1-14-12(7-5-8-12)10-11-6-3-2-4-9-13-11/h11,13H,2-10H2,1H3. The summed E-state index contributed by atoms with van der Waals surface area (Å²) in [5, 5.41) is 3.66. The lowest BCUT2D eigenvalue weighted by molar-refractivity contribution is -0.0836. The van der Waals surface area contributed by atoms with Crippen molar-refractivity contribution in [3.05, 3.63) is 0 Å². The molecular formula is C12H23NO. The fourth-order valence-electron chi connectivity index (χ4n) is 2.79. The molecule has 2 heteroatoms. The maximum atomic E-state index is 5.68. The molecule has 1 saturated heterocycles. The summed E-state index contributed by atoms with van der Waals surface area (Å²) in [6, 6.07) is 0.720. The Labute approximate surface area is 87.4 Å². The molecule has 1 saturated carbocycles. The molecule has 2 nitrogen and oxygen atoms in total. The topological polar surface area (TPSA) is 21.3 Å². The molecule has 0 aromatic carbocycles. The molecule has 1 N–H and O–H groups in total. The van der Waals surface area contributed by atoms with Crippen molar-refractivity contribution in [3.8, 4) is 0 Å². The van der Waals surface area contributed by atoms with E-state index in [0.717, 1.165) is 6.04 Å². The highest BCUT2D eigenvalue weighted by atomic mass is 16.5. The Morgan fingerprint density at radius 3 is 2.71 bits per heavy atom. The Morgan fingerprint density at radius 2 is 2.07 bits per heavy atom. The summed E-state index contributed by atoms with van der Waals surface area (Å²) in [5.74, 6) is 0. The van der Waals surface area contributed by atoms with Crippen LogP contribution in [0.4, 0.5) is 0 Å². The van der Waals surface area contributed by atoms with Crippen LogP contribution in [0.1, 0.15) is 51.4 Å². The maximum Gasteiger partial charge on any atom is 0.0693 e. The zero-order valence-corrected chi connectivity index (χ0v) is 9.35. The zero-order valence-electron chi connectivity index (χ0n) is 9.35. The minimum absolute atomic E-state index is 0.252. The number of methoxy groups -OCH3 is 1. The fraction of sp³-hybridized carbons (Fsp3) is 1.00. The van der Waals surface area contributed by atoms with Gasteiger partial charge in [-0.15, -0.1) is 0 Å². The van der Waals surface area contributed by atoms with Crippen molar-refractivity contribution >= 4 is 0 Å². The lowest BCUT2D eigenvalue weighted by Gasteiger charge is -2.42. The molecule has 1 heterocycles. The van der Waals surface area contributed by atoms with E-state index in [-0.39, 0.29) is 5.60 Å². The van der Waals surface area contributed by atoms with Crippen LogP contribution in [0, 0.1) is 0 Å². The molecule has 2 fully saturated rings. The second-order valence-electron chi connectivity index (χ2n) is 4.95. The van der Waals surface area contributed by atoms with Gasteiger partial charge in [0.1, 0.15) is 0 Å².